The molecule has 0 saturated heterocycles. The molecule has 1 aliphatic rings. The van der Waals surface area contributed by atoms with E-state index < -0.39 is 0 Å². The molecule has 0 bridgehead atoms. The average molecular weight is 282 g/mol. The summed E-state index contributed by atoms with van der Waals surface area (Å²) < 4.78 is 0. The van der Waals surface area contributed by atoms with Crippen molar-refractivity contribution in [2.24, 2.45) is 0 Å². The van der Waals surface area contributed by atoms with Crippen LogP contribution in [0.3, 0.4) is 0 Å². The van der Waals surface area contributed by atoms with Crippen molar-refractivity contribution >= 4 is 10.9 Å². The molecular weight excluding hydrogens is 264 g/mol. The van der Waals surface area contributed by atoms with Crippen LogP contribution in [0.1, 0.15) is 48.9 Å². The standard InChI is InChI=1S/C15H18N6/c1-9(15-18-20-21-19-15)16-13-8-4-6-11-10-5-2-3-7-12(10)17-14(11)13/h2-3,5,7,9,13,16-17H,4,6,8H2,1H3,(H,18,19,20,21). The van der Waals surface area contributed by atoms with Crippen LogP contribution in [0.15, 0.2) is 24.3 Å². The van der Waals surface area contributed by atoms with E-state index in [-0.39, 0.29) is 6.04 Å². The summed E-state index contributed by atoms with van der Waals surface area (Å²) in [5, 5.41) is 19.2. The number of nitrogens with zero attached hydrogens (tertiary/aromatic N) is 3. The Labute approximate surface area is 122 Å². The lowest BCUT2D eigenvalue weighted by molar-refractivity contribution is 0.401. The van der Waals surface area contributed by atoms with Crippen LogP contribution >= 0.6 is 0 Å². The fourth-order valence-electron chi connectivity index (χ4n) is 3.31. The summed E-state index contributed by atoms with van der Waals surface area (Å²) in [7, 11) is 0. The SMILES string of the molecule is CC(NC1CCCc2c1[nH]c1ccccc21)c1nn[nH]n1. The summed E-state index contributed by atoms with van der Waals surface area (Å²) in [6.45, 7) is 2.07. The molecule has 0 amide bonds. The maximum Gasteiger partial charge on any atom is 0.191 e. The summed E-state index contributed by atoms with van der Waals surface area (Å²) in [5.74, 6) is 0.707. The van der Waals surface area contributed by atoms with Crippen molar-refractivity contribution in [3.05, 3.63) is 41.3 Å². The van der Waals surface area contributed by atoms with Crippen LogP contribution in [0.5, 0.6) is 0 Å². The van der Waals surface area contributed by atoms with Gasteiger partial charge >= 0.3 is 0 Å². The molecule has 3 N–H and O–H groups in total. The largest absolute Gasteiger partial charge is 0.357 e. The van der Waals surface area contributed by atoms with Gasteiger partial charge in [-0.3, -0.25) is 5.32 Å². The number of hydrogen-bond acceptors (Lipinski definition) is 4. The summed E-state index contributed by atoms with van der Waals surface area (Å²) >= 11 is 0. The van der Waals surface area contributed by atoms with E-state index >= 15 is 0 Å². The zero-order valence-electron chi connectivity index (χ0n) is 11.9. The van der Waals surface area contributed by atoms with Crippen molar-refractivity contribution in [2.75, 3.05) is 0 Å². The Bertz CT molecular complexity index is 745. The minimum absolute atomic E-state index is 0.0751. The molecule has 0 saturated carbocycles. The first-order valence-corrected chi connectivity index (χ1v) is 7.42. The smallest absolute Gasteiger partial charge is 0.191 e. The molecule has 2 heterocycles. The van der Waals surface area contributed by atoms with Crippen molar-refractivity contribution in [1.29, 1.82) is 0 Å². The Kier molecular flexibility index (Phi) is 2.96. The first-order chi connectivity index (χ1) is 10.3. The molecule has 108 valence electrons. The Balaban J connectivity index is 1.67. The van der Waals surface area contributed by atoms with Crippen LogP contribution in [0.2, 0.25) is 0 Å². The normalized spacial score (nSPS) is 19.6. The number of para-hydroxylation sites is 1. The van der Waals surface area contributed by atoms with Crippen LogP contribution < -0.4 is 5.32 Å². The van der Waals surface area contributed by atoms with Gasteiger partial charge in [-0.05, 0) is 37.8 Å². The van der Waals surface area contributed by atoms with Gasteiger partial charge in [0.05, 0.1) is 6.04 Å². The quantitative estimate of drug-likeness (QED) is 0.689. The molecule has 3 aromatic rings. The summed E-state index contributed by atoms with van der Waals surface area (Å²) in [4.78, 5) is 3.59. The number of aromatic nitrogens is 5. The maximum absolute atomic E-state index is 4.06. The van der Waals surface area contributed by atoms with Crippen LogP contribution in [0.25, 0.3) is 10.9 Å². The number of aromatic amines is 2. The zero-order chi connectivity index (χ0) is 14.2. The van der Waals surface area contributed by atoms with E-state index in [1.165, 1.54) is 28.6 Å². The number of fused-ring (bicyclic) bond motifs is 3. The molecule has 4 rings (SSSR count). The van der Waals surface area contributed by atoms with Gasteiger partial charge in [-0.2, -0.15) is 5.21 Å². The number of H-pyrrole nitrogens is 2. The Morgan fingerprint density at radius 2 is 2.24 bits per heavy atom. The minimum atomic E-state index is 0.0751. The number of nitrogens with one attached hydrogen (secondary N) is 3. The summed E-state index contributed by atoms with van der Waals surface area (Å²) in [5.41, 5.74) is 4.00. The molecule has 1 aromatic carbocycles. The third kappa shape index (κ3) is 2.12. The van der Waals surface area contributed by atoms with Gasteiger partial charge in [0.25, 0.3) is 0 Å². The van der Waals surface area contributed by atoms with Crippen LogP contribution in [-0.2, 0) is 6.42 Å². The molecular formula is C15H18N6. The second kappa shape index (κ2) is 4.96. The molecule has 0 radical (unpaired) electrons. The molecule has 2 unspecified atom stereocenters. The van der Waals surface area contributed by atoms with Gasteiger partial charge in [0.1, 0.15) is 0 Å². The third-order valence-corrected chi connectivity index (χ3v) is 4.31. The minimum Gasteiger partial charge on any atom is -0.357 e. The lowest BCUT2D eigenvalue weighted by Gasteiger charge is -2.26. The highest BCUT2D eigenvalue weighted by Gasteiger charge is 2.26. The molecule has 21 heavy (non-hydrogen) atoms. The molecule has 0 fully saturated rings. The molecule has 0 spiro atoms. The number of aryl methyl sites for hydroxylation is 1. The fraction of sp³-hybridized carbons (Fsp3) is 0.400. The van der Waals surface area contributed by atoms with Gasteiger partial charge in [-0.15, -0.1) is 10.2 Å². The van der Waals surface area contributed by atoms with E-state index in [1.807, 2.05) is 0 Å². The van der Waals surface area contributed by atoms with Gasteiger partial charge in [0.15, 0.2) is 5.82 Å². The monoisotopic (exact) mass is 282 g/mol. The topological polar surface area (TPSA) is 82.3 Å². The molecule has 6 nitrogen and oxygen atoms in total. The number of rotatable bonds is 3. The van der Waals surface area contributed by atoms with Crippen molar-refractivity contribution in [1.82, 2.24) is 30.9 Å². The summed E-state index contributed by atoms with van der Waals surface area (Å²) in [6, 6.07) is 8.92. The number of hydrogen-bond donors (Lipinski definition) is 3. The first-order valence-electron chi connectivity index (χ1n) is 7.42. The van der Waals surface area contributed by atoms with Crippen LogP contribution in [0, 0.1) is 0 Å². The van der Waals surface area contributed by atoms with Gasteiger partial charge in [0, 0.05) is 22.6 Å². The third-order valence-electron chi connectivity index (χ3n) is 4.31. The Hall–Kier alpha value is -2.21. The van der Waals surface area contributed by atoms with Gasteiger partial charge < -0.3 is 4.98 Å². The second-order valence-electron chi connectivity index (χ2n) is 5.67. The number of tetrazole rings is 1. The van der Waals surface area contributed by atoms with Crippen molar-refractivity contribution < 1.29 is 0 Å². The van der Waals surface area contributed by atoms with Crippen LogP contribution in [-0.4, -0.2) is 25.6 Å². The highest BCUT2D eigenvalue weighted by atomic mass is 15.5. The zero-order valence-corrected chi connectivity index (χ0v) is 11.9. The van der Waals surface area contributed by atoms with E-state index in [2.05, 4.69) is 62.1 Å². The number of benzene rings is 1. The lowest BCUT2D eigenvalue weighted by Crippen LogP contribution is -2.28. The fourth-order valence-corrected chi connectivity index (χ4v) is 3.31. The summed E-state index contributed by atoms with van der Waals surface area (Å²) in [6.07, 6.45) is 3.47. The van der Waals surface area contributed by atoms with E-state index in [9.17, 15) is 0 Å². The van der Waals surface area contributed by atoms with Crippen molar-refractivity contribution in [3.63, 3.8) is 0 Å². The highest BCUT2D eigenvalue weighted by Crippen LogP contribution is 2.35. The lowest BCUT2D eigenvalue weighted by atomic mass is 9.91. The molecule has 6 heteroatoms. The van der Waals surface area contributed by atoms with E-state index in [4.69, 9.17) is 0 Å². The van der Waals surface area contributed by atoms with Gasteiger partial charge in [-0.25, -0.2) is 0 Å². The molecule has 1 aliphatic carbocycles. The Morgan fingerprint density at radius 3 is 3.10 bits per heavy atom. The predicted molar refractivity (Wildman–Crippen MR) is 79.7 cm³/mol. The van der Waals surface area contributed by atoms with Crippen LogP contribution in [0.4, 0.5) is 0 Å². The van der Waals surface area contributed by atoms with Gasteiger partial charge in [0.2, 0.25) is 0 Å². The van der Waals surface area contributed by atoms with E-state index in [0.29, 0.717) is 11.9 Å². The highest BCUT2D eigenvalue weighted by molar-refractivity contribution is 5.85. The average Bonchev–Trinajstić information content (AvgIpc) is 3.15. The Morgan fingerprint density at radius 1 is 1.33 bits per heavy atom. The van der Waals surface area contributed by atoms with Gasteiger partial charge in [-0.1, -0.05) is 23.4 Å². The van der Waals surface area contributed by atoms with Crippen molar-refractivity contribution in [2.45, 2.75) is 38.3 Å². The maximum atomic E-state index is 4.06. The van der Waals surface area contributed by atoms with E-state index in [0.717, 1.165) is 12.8 Å². The first kappa shape index (κ1) is 12.5. The van der Waals surface area contributed by atoms with E-state index in [1.54, 1.807) is 0 Å². The molecule has 2 aromatic heterocycles. The predicted octanol–water partition coefficient (Wildman–Crippen LogP) is 2.41. The second-order valence-corrected chi connectivity index (χ2v) is 5.67. The molecule has 2 atom stereocenters. The molecule has 0 aliphatic heterocycles. The van der Waals surface area contributed by atoms with Crippen molar-refractivity contribution in [3.8, 4) is 0 Å².